The summed E-state index contributed by atoms with van der Waals surface area (Å²) >= 11 is 2.74. The van der Waals surface area contributed by atoms with Crippen molar-refractivity contribution >= 4 is 27.6 Å². The van der Waals surface area contributed by atoms with Crippen LogP contribution < -0.4 is 0 Å². The number of hydrogen-bond donors (Lipinski definition) is 0. The van der Waals surface area contributed by atoms with Crippen LogP contribution in [-0.2, 0) is 4.74 Å². The van der Waals surface area contributed by atoms with E-state index >= 15 is 0 Å². The molecule has 0 fully saturated rings. The lowest BCUT2D eigenvalue weighted by atomic mass is 10.2. The first-order valence-electron chi connectivity index (χ1n) is 4.09. The van der Waals surface area contributed by atoms with Crippen molar-refractivity contribution in [3.05, 3.63) is 32.0 Å². The highest BCUT2D eigenvalue weighted by Crippen LogP contribution is 2.34. The van der Waals surface area contributed by atoms with Gasteiger partial charge in [0.25, 0.3) is 6.43 Å². The Morgan fingerprint density at radius 3 is 2.65 bits per heavy atom. The van der Waals surface area contributed by atoms with E-state index in [4.69, 9.17) is 0 Å². The van der Waals surface area contributed by atoms with E-state index in [2.05, 4.69) is 25.7 Å². The van der Waals surface area contributed by atoms with Gasteiger partial charge in [-0.15, -0.1) is 0 Å². The summed E-state index contributed by atoms with van der Waals surface area (Å²) < 4.78 is 29.2. The van der Waals surface area contributed by atoms with Crippen LogP contribution in [0.3, 0.4) is 0 Å². The number of ether oxygens (including phenoxy) is 1. The summed E-state index contributed by atoms with van der Waals surface area (Å²) in [6.07, 6.45) is -3.17. The molecule has 1 aromatic heterocycles. The Kier molecular flexibility index (Phi) is 4.05. The summed E-state index contributed by atoms with van der Waals surface area (Å²) in [6.45, 7) is 0. The fourth-order valence-electron chi connectivity index (χ4n) is 1.07. The number of alkyl halides is 2. The topological polar surface area (TPSA) is 82.3 Å². The highest BCUT2D eigenvalue weighted by molar-refractivity contribution is 9.10. The molecule has 0 bridgehead atoms. The molecule has 92 valence electrons. The first kappa shape index (κ1) is 13.4. The highest BCUT2D eigenvalue weighted by Gasteiger charge is 2.29. The maximum Gasteiger partial charge on any atom is 0.356 e. The van der Waals surface area contributed by atoms with E-state index < -0.39 is 34.4 Å². The van der Waals surface area contributed by atoms with Crippen molar-refractivity contribution in [3.8, 4) is 0 Å². The molecular weight excluding hydrogens is 306 g/mol. The number of hydrogen-bond acceptors (Lipinski definition) is 5. The Hall–Kier alpha value is -1.64. The monoisotopic (exact) mass is 310 g/mol. The van der Waals surface area contributed by atoms with Crippen LogP contribution in [-0.4, -0.2) is 23.0 Å². The van der Waals surface area contributed by atoms with Gasteiger partial charge in [0.15, 0.2) is 11.4 Å². The molecule has 1 heterocycles. The molecule has 0 saturated carbocycles. The van der Waals surface area contributed by atoms with E-state index in [1.165, 1.54) is 0 Å². The molecule has 17 heavy (non-hydrogen) atoms. The molecule has 0 aliphatic rings. The second-order valence-electron chi connectivity index (χ2n) is 2.77. The molecule has 0 saturated heterocycles. The zero-order valence-corrected chi connectivity index (χ0v) is 9.90. The second kappa shape index (κ2) is 5.13. The van der Waals surface area contributed by atoms with Gasteiger partial charge in [-0.3, -0.25) is 10.1 Å². The van der Waals surface area contributed by atoms with Gasteiger partial charge >= 0.3 is 11.7 Å². The van der Waals surface area contributed by atoms with Crippen LogP contribution in [0.5, 0.6) is 0 Å². The first-order valence-corrected chi connectivity index (χ1v) is 4.89. The molecular formula is C8H5BrF2N2O4. The number of esters is 1. The molecule has 0 radical (unpaired) electrons. The Bertz CT molecular complexity index is 481. The number of nitro groups is 1. The minimum atomic E-state index is -3.17. The lowest BCUT2D eigenvalue weighted by molar-refractivity contribution is -0.387. The number of pyridine rings is 1. The number of carbonyl (C=O) groups excluding carboxylic acids is 1. The maximum atomic E-state index is 12.6. The lowest BCUT2D eigenvalue weighted by Crippen LogP contribution is -2.09. The molecule has 0 aromatic carbocycles. The summed E-state index contributed by atoms with van der Waals surface area (Å²) in [5, 5.41) is 10.6. The minimum absolute atomic E-state index is 0.256. The van der Waals surface area contributed by atoms with E-state index in [0.717, 1.165) is 13.2 Å². The van der Waals surface area contributed by atoms with Crippen molar-refractivity contribution in [3.63, 3.8) is 0 Å². The van der Waals surface area contributed by atoms with Gasteiger partial charge in [-0.05, 0) is 22.0 Å². The van der Waals surface area contributed by atoms with Gasteiger partial charge in [-0.2, -0.15) is 0 Å². The molecule has 0 unspecified atom stereocenters. The summed E-state index contributed by atoms with van der Waals surface area (Å²) in [5.41, 5.74) is -2.38. The van der Waals surface area contributed by atoms with Gasteiger partial charge in [0, 0.05) is 0 Å². The molecule has 0 amide bonds. The first-order chi connectivity index (χ1) is 7.88. The smallest absolute Gasteiger partial charge is 0.356 e. The van der Waals surface area contributed by atoms with Gasteiger partial charge in [-0.1, -0.05) is 0 Å². The Labute approximate surface area is 102 Å². The summed E-state index contributed by atoms with van der Waals surface area (Å²) in [7, 11) is 1.04. The van der Waals surface area contributed by atoms with Crippen molar-refractivity contribution in [2.45, 2.75) is 6.43 Å². The second-order valence-corrected chi connectivity index (χ2v) is 3.63. The van der Waals surface area contributed by atoms with E-state index in [1.807, 2.05) is 0 Å². The van der Waals surface area contributed by atoms with Gasteiger partial charge in [0.05, 0.1) is 16.5 Å². The number of methoxy groups -OCH3 is 1. The fourth-order valence-corrected chi connectivity index (χ4v) is 1.63. The summed E-state index contributed by atoms with van der Waals surface area (Å²) in [4.78, 5) is 23.9. The van der Waals surface area contributed by atoms with Crippen LogP contribution in [0.2, 0.25) is 0 Å². The van der Waals surface area contributed by atoms with Crippen LogP contribution in [0.15, 0.2) is 10.5 Å². The molecule has 1 aromatic rings. The molecule has 0 spiro atoms. The van der Waals surface area contributed by atoms with Gasteiger partial charge in [0.2, 0.25) is 0 Å². The zero-order chi connectivity index (χ0) is 13.2. The lowest BCUT2D eigenvalue weighted by Gasteiger charge is -2.05. The standard InChI is InChI=1S/C8H5BrF2N2O4/c1-17-8(14)4-2-3(9)6(13(15)16)5(12-4)7(10)11/h2,7H,1H3. The van der Waals surface area contributed by atoms with Crippen molar-refractivity contribution in [2.75, 3.05) is 7.11 Å². The molecule has 9 heteroatoms. The number of nitrogens with zero attached hydrogens (tertiary/aromatic N) is 2. The third-order valence-corrected chi connectivity index (χ3v) is 2.36. The van der Waals surface area contributed by atoms with Crippen molar-refractivity contribution in [1.29, 1.82) is 0 Å². The van der Waals surface area contributed by atoms with Crippen LogP contribution >= 0.6 is 15.9 Å². The average Bonchev–Trinajstić information content (AvgIpc) is 2.26. The van der Waals surface area contributed by atoms with Crippen molar-refractivity contribution in [1.82, 2.24) is 4.98 Å². The maximum absolute atomic E-state index is 12.6. The Morgan fingerprint density at radius 1 is 1.65 bits per heavy atom. The Balaban J connectivity index is 3.46. The fraction of sp³-hybridized carbons (Fsp3) is 0.250. The molecule has 6 nitrogen and oxygen atoms in total. The van der Waals surface area contributed by atoms with E-state index in [1.54, 1.807) is 0 Å². The predicted molar refractivity (Wildman–Crippen MR) is 54.9 cm³/mol. The van der Waals surface area contributed by atoms with E-state index in [0.29, 0.717) is 0 Å². The average molecular weight is 311 g/mol. The van der Waals surface area contributed by atoms with Crippen molar-refractivity contribution < 1.29 is 23.2 Å². The molecule has 0 atom stereocenters. The van der Waals surface area contributed by atoms with Crippen LogP contribution in [0, 0.1) is 10.1 Å². The summed E-state index contributed by atoms with van der Waals surface area (Å²) in [6, 6.07) is 0.954. The molecule has 1 rings (SSSR count). The SMILES string of the molecule is COC(=O)c1cc(Br)c([N+](=O)[O-])c(C(F)F)n1. The zero-order valence-electron chi connectivity index (χ0n) is 8.32. The number of rotatable bonds is 3. The van der Waals surface area contributed by atoms with Crippen LogP contribution in [0.25, 0.3) is 0 Å². The molecule has 0 N–H and O–H groups in total. The molecule has 0 aliphatic carbocycles. The summed E-state index contributed by atoms with van der Waals surface area (Å²) in [5.74, 6) is -0.956. The van der Waals surface area contributed by atoms with Crippen LogP contribution in [0.1, 0.15) is 22.6 Å². The third kappa shape index (κ3) is 2.73. The van der Waals surface area contributed by atoms with Gasteiger partial charge in [-0.25, -0.2) is 18.6 Å². The normalized spacial score (nSPS) is 10.4. The quantitative estimate of drug-likeness (QED) is 0.486. The Morgan fingerprint density at radius 2 is 2.24 bits per heavy atom. The van der Waals surface area contributed by atoms with Gasteiger partial charge in [0.1, 0.15) is 0 Å². The minimum Gasteiger partial charge on any atom is -0.464 e. The van der Waals surface area contributed by atoms with Crippen molar-refractivity contribution in [2.24, 2.45) is 0 Å². The number of carbonyl (C=O) groups is 1. The highest BCUT2D eigenvalue weighted by atomic mass is 79.9. The van der Waals surface area contributed by atoms with Crippen LogP contribution in [0.4, 0.5) is 14.5 Å². The molecule has 0 aliphatic heterocycles. The van der Waals surface area contributed by atoms with Gasteiger partial charge < -0.3 is 4.74 Å². The van der Waals surface area contributed by atoms with E-state index in [-0.39, 0.29) is 4.47 Å². The predicted octanol–water partition coefficient (Wildman–Crippen LogP) is 2.48. The third-order valence-electron chi connectivity index (χ3n) is 1.76. The van der Waals surface area contributed by atoms with E-state index in [9.17, 15) is 23.7 Å². The number of aromatic nitrogens is 1. The largest absolute Gasteiger partial charge is 0.464 e. The number of halogens is 3.